The van der Waals surface area contributed by atoms with Crippen LogP contribution >= 0.6 is 23.4 Å². The molecular weight excluding hydrogens is 402 g/mol. The third-order valence-corrected chi connectivity index (χ3v) is 6.55. The zero-order valence-electron chi connectivity index (χ0n) is 16.4. The summed E-state index contributed by atoms with van der Waals surface area (Å²) in [5.74, 6) is 0.118. The summed E-state index contributed by atoms with van der Waals surface area (Å²) in [6.07, 6.45) is 3.62. The Hall–Kier alpha value is -2.63. The van der Waals surface area contributed by atoms with E-state index in [2.05, 4.69) is 28.3 Å². The molecule has 0 amide bonds. The van der Waals surface area contributed by atoms with Gasteiger partial charge in [0.25, 0.3) is 0 Å². The van der Waals surface area contributed by atoms with Crippen molar-refractivity contribution in [3.05, 3.63) is 71.6 Å². The fourth-order valence-electron chi connectivity index (χ4n) is 3.14. The SMILES string of the molecule is CC(=O)[C@@H](C)Sc1ncnc2c1c(-c1ccccc1)cn2-c1ccc(C)c(Cl)c1. The Morgan fingerprint density at radius 1 is 1.14 bits per heavy atom. The second-order valence-corrected chi connectivity index (χ2v) is 8.70. The maximum absolute atomic E-state index is 11.9. The molecule has 0 bridgehead atoms. The van der Waals surface area contributed by atoms with Crippen LogP contribution in [0.1, 0.15) is 19.4 Å². The van der Waals surface area contributed by atoms with Crippen molar-refractivity contribution < 1.29 is 4.79 Å². The van der Waals surface area contributed by atoms with Crippen LogP contribution in [0.25, 0.3) is 27.8 Å². The summed E-state index contributed by atoms with van der Waals surface area (Å²) in [6, 6.07) is 16.1. The molecule has 0 aliphatic rings. The molecule has 0 N–H and O–H groups in total. The number of rotatable bonds is 5. The first-order valence-corrected chi connectivity index (χ1v) is 10.6. The van der Waals surface area contributed by atoms with Crippen LogP contribution < -0.4 is 0 Å². The molecule has 6 heteroatoms. The van der Waals surface area contributed by atoms with Crippen LogP contribution in [0, 0.1) is 6.92 Å². The molecule has 146 valence electrons. The van der Waals surface area contributed by atoms with Gasteiger partial charge < -0.3 is 4.57 Å². The van der Waals surface area contributed by atoms with Gasteiger partial charge in [0.05, 0.1) is 10.6 Å². The zero-order chi connectivity index (χ0) is 20.5. The molecule has 0 saturated carbocycles. The number of ketones is 1. The van der Waals surface area contributed by atoms with E-state index < -0.39 is 0 Å². The van der Waals surface area contributed by atoms with E-state index >= 15 is 0 Å². The number of hydrogen-bond donors (Lipinski definition) is 0. The number of halogens is 1. The van der Waals surface area contributed by atoms with E-state index in [9.17, 15) is 4.79 Å². The summed E-state index contributed by atoms with van der Waals surface area (Å²) in [7, 11) is 0. The van der Waals surface area contributed by atoms with Crippen LogP contribution in [-0.2, 0) is 4.79 Å². The van der Waals surface area contributed by atoms with Crippen molar-refractivity contribution in [3.63, 3.8) is 0 Å². The molecule has 0 aliphatic carbocycles. The minimum Gasteiger partial charge on any atom is -0.301 e. The summed E-state index contributed by atoms with van der Waals surface area (Å²) < 4.78 is 2.03. The van der Waals surface area contributed by atoms with Crippen LogP contribution in [0.4, 0.5) is 0 Å². The maximum atomic E-state index is 11.9. The largest absolute Gasteiger partial charge is 0.301 e. The first kappa shape index (κ1) is 19.7. The number of hydrogen-bond acceptors (Lipinski definition) is 4. The molecule has 4 rings (SSSR count). The number of fused-ring (bicyclic) bond motifs is 1. The van der Waals surface area contributed by atoms with Gasteiger partial charge in [0.15, 0.2) is 0 Å². The maximum Gasteiger partial charge on any atom is 0.149 e. The van der Waals surface area contributed by atoms with E-state index in [0.29, 0.717) is 5.02 Å². The van der Waals surface area contributed by atoms with Crippen molar-refractivity contribution in [2.75, 3.05) is 0 Å². The molecule has 0 aliphatic heterocycles. The van der Waals surface area contributed by atoms with Crippen molar-refractivity contribution in [1.82, 2.24) is 14.5 Å². The smallest absolute Gasteiger partial charge is 0.149 e. The Kier molecular flexibility index (Phi) is 5.43. The van der Waals surface area contributed by atoms with Crippen molar-refractivity contribution in [2.24, 2.45) is 0 Å². The summed E-state index contributed by atoms with van der Waals surface area (Å²) >= 11 is 7.85. The van der Waals surface area contributed by atoms with Crippen molar-refractivity contribution in [1.29, 1.82) is 0 Å². The van der Waals surface area contributed by atoms with E-state index in [4.69, 9.17) is 11.6 Å². The number of aromatic nitrogens is 3. The molecule has 2 heterocycles. The predicted octanol–water partition coefficient (Wildman–Crippen LogP) is 6.12. The number of benzene rings is 2. The lowest BCUT2D eigenvalue weighted by atomic mass is 10.1. The van der Waals surface area contributed by atoms with Gasteiger partial charge in [-0.3, -0.25) is 4.79 Å². The van der Waals surface area contributed by atoms with Gasteiger partial charge in [0, 0.05) is 22.5 Å². The number of aryl methyl sites for hydroxylation is 1. The van der Waals surface area contributed by atoms with Gasteiger partial charge >= 0.3 is 0 Å². The Labute approximate surface area is 178 Å². The van der Waals surface area contributed by atoms with E-state index in [1.54, 1.807) is 13.3 Å². The minimum absolute atomic E-state index is 0.118. The minimum atomic E-state index is -0.186. The molecule has 0 spiro atoms. The van der Waals surface area contributed by atoms with Gasteiger partial charge in [-0.2, -0.15) is 0 Å². The second kappa shape index (κ2) is 8.01. The van der Waals surface area contributed by atoms with Crippen molar-refractivity contribution in [2.45, 2.75) is 31.0 Å². The Morgan fingerprint density at radius 2 is 1.90 bits per heavy atom. The number of carbonyl (C=O) groups is 1. The Bertz CT molecular complexity index is 1200. The highest BCUT2D eigenvalue weighted by molar-refractivity contribution is 8.00. The molecule has 29 heavy (non-hydrogen) atoms. The summed E-state index contributed by atoms with van der Waals surface area (Å²) in [6.45, 7) is 5.49. The van der Waals surface area contributed by atoms with Crippen LogP contribution in [0.3, 0.4) is 0 Å². The molecule has 4 aromatic rings. The highest BCUT2D eigenvalue weighted by Crippen LogP contribution is 2.38. The number of carbonyl (C=O) groups excluding carboxylic acids is 1. The van der Waals surface area contributed by atoms with Crippen molar-refractivity contribution in [3.8, 4) is 16.8 Å². The summed E-state index contributed by atoms with van der Waals surface area (Å²) in [5, 5.41) is 2.26. The van der Waals surface area contributed by atoms with E-state index in [-0.39, 0.29) is 11.0 Å². The lowest BCUT2D eigenvalue weighted by molar-refractivity contribution is -0.116. The fourth-order valence-corrected chi connectivity index (χ4v) is 4.24. The van der Waals surface area contributed by atoms with E-state index in [1.165, 1.54) is 11.8 Å². The van der Waals surface area contributed by atoms with E-state index in [0.717, 1.165) is 38.4 Å². The third kappa shape index (κ3) is 3.80. The predicted molar refractivity (Wildman–Crippen MR) is 120 cm³/mol. The Balaban J connectivity index is 1.99. The van der Waals surface area contributed by atoms with Crippen LogP contribution in [0.5, 0.6) is 0 Å². The van der Waals surface area contributed by atoms with Crippen LogP contribution in [0.15, 0.2) is 66.1 Å². The Morgan fingerprint density at radius 3 is 2.59 bits per heavy atom. The van der Waals surface area contributed by atoms with Gasteiger partial charge in [0.2, 0.25) is 0 Å². The number of thioether (sulfide) groups is 1. The quantitative estimate of drug-likeness (QED) is 0.287. The first-order chi connectivity index (χ1) is 14.0. The fraction of sp³-hybridized carbons (Fsp3) is 0.174. The topological polar surface area (TPSA) is 47.8 Å². The second-order valence-electron chi connectivity index (χ2n) is 6.96. The lowest BCUT2D eigenvalue weighted by Crippen LogP contribution is -2.08. The van der Waals surface area contributed by atoms with Crippen LogP contribution in [0.2, 0.25) is 5.02 Å². The van der Waals surface area contributed by atoms with Gasteiger partial charge in [-0.25, -0.2) is 9.97 Å². The molecule has 0 saturated heterocycles. The highest BCUT2D eigenvalue weighted by Gasteiger charge is 2.20. The van der Waals surface area contributed by atoms with Gasteiger partial charge in [-0.05, 0) is 44.0 Å². The van der Waals surface area contributed by atoms with Gasteiger partial charge in [-0.1, -0.05) is 59.8 Å². The average Bonchev–Trinajstić information content (AvgIpc) is 3.11. The molecule has 0 fully saturated rings. The first-order valence-electron chi connectivity index (χ1n) is 9.31. The standard InChI is InChI=1S/C23H20ClN3OS/c1-14-9-10-18(11-20(14)24)27-12-19(17-7-5-4-6-8-17)21-22(27)25-13-26-23(21)29-16(3)15(2)28/h4-13,16H,1-3H3/t16-/m1/s1. The zero-order valence-corrected chi connectivity index (χ0v) is 18.0. The highest BCUT2D eigenvalue weighted by atomic mass is 35.5. The van der Waals surface area contributed by atoms with E-state index in [1.807, 2.05) is 54.8 Å². The van der Waals surface area contributed by atoms with Gasteiger partial charge in [-0.15, -0.1) is 0 Å². The molecule has 4 nitrogen and oxygen atoms in total. The lowest BCUT2D eigenvalue weighted by Gasteiger charge is -2.09. The monoisotopic (exact) mass is 421 g/mol. The molecule has 0 unspecified atom stereocenters. The molecule has 1 atom stereocenters. The normalized spacial score (nSPS) is 12.3. The third-order valence-electron chi connectivity index (χ3n) is 4.93. The molecule has 2 aromatic heterocycles. The number of Topliss-reactive ketones (excluding diaryl/α,β-unsaturated/α-hetero) is 1. The van der Waals surface area contributed by atoms with Gasteiger partial charge in [0.1, 0.15) is 22.8 Å². The molecule has 0 radical (unpaired) electrons. The average molecular weight is 422 g/mol. The molecular formula is C23H20ClN3OS. The summed E-state index contributed by atoms with van der Waals surface area (Å²) in [5.41, 5.74) is 4.84. The number of nitrogens with zero attached hydrogens (tertiary/aromatic N) is 3. The summed E-state index contributed by atoms with van der Waals surface area (Å²) in [4.78, 5) is 20.9. The van der Waals surface area contributed by atoms with Crippen molar-refractivity contribution >= 4 is 40.2 Å². The van der Waals surface area contributed by atoms with Crippen LogP contribution in [-0.4, -0.2) is 25.6 Å². The molecule has 2 aromatic carbocycles.